The molecule has 4 aromatic rings. The molecule has 0 unspecified atom stereocenters. The first-order chi connectivity index (χ1) is 17.0. The van der Waals surface area contributed by atoms with Crippen molar-refractivity contribution in [2.24, 2.45) is 5.41 Å². The van der Waals surface area contributed by atoms with E-state index < -0.39 is 0 Å². The maximum Gasteiger partial charge on any atom is 0.155 e. The van der Waals surface area contributed by atoms with Crippen molar-refractivity contribution in [2.45, 2.75) is 45.1 Å². The molecule has 2 N–H and O–H groups in total. The third-order valence-electron chi connectivity index (χ3n) is 7.62. The molecule has 4 aromatic heterocycles. The van der Waals surface area contributed by atoms with Crippen molar-refractivity contribution in [1.29, 1.82) is 0 Å². The smallest absolute Gasteiger partial charge is 0.155 e. The fraction of sp³-hybridized carbons (Fsp3) is 0.423. The molecule has 1 saturated heterocycles. The van der Waals surface area contributed by atoms with Crippen LogP contribution in [0.2, 0.25) is 5.02 Å². The molecule has 0 amide bonds. The van der Waals surface area contributed by atoms with E-state index in [2.05, 4.69) is 27.0 Å². The number of halogens is 1. The molecule has 1 aliphatic heterocycles. The standard InChI is InChI=1S/C26H29ClN6O2/c1-17-22(14-31-33(17)20-12-26(13-20)4-7-28-8-5-26)18-10-24(25-23(27)15-30-32(25)16-18)35-21-2-6-29-19(11-21)3-9-34/h2,6,10-11,14-16,20,28,34H,3-5,7-9,12-13H2,1H3. The molecule has 1 aliphatic carbocycles. The lowest BCUT2D eigenvalue weighted by Crippen LogP contribution is -2.46. The van der Waals surface area contributed by atoms with E-state index in [1.165, 1.54) is 25.7 Å². The van der Waals surface area contributed by atoms with Gasteiger partial charge in [0.25, 0.3) is 0 Å². The molecule has 182 valence electrons. The maximum absolute atomic E-state index is 9.25. The Morgan fingerprint density at radius 1 is 1.20 bits per heavy atom. The lowest BCUT2D eigenvalue weighted by atomic mass is 9.60. The molecule has 0 radical (unpaired) electrons. The molecule has 8 nitrogen and oxygen atoms in total. The summed E-state index contributed by atoms with van der Waals surface area (Å²) in [4.78, 5) is 4.28. The summed E-state index contributed by atoms with van der Waals surface area (Å²) in [5, 5.41) is 22.5. The lowest BCUT2D eigenvalue weighted by molar-refractivity contribution is 0.0221. The summed E-state index contributed by atoms with van der Waals surface area (Å²) < 4.78 is 10.2. The van der Waals surface area contributed by atoms with Gasteiger partial charge in [0.1, 0.15) is 11.3 Å². The number of fused-ring (bicyclic) bond motifs is 1. The molecule has 1 saturated carbocycles. The van der Waals surface area contributed by atoms with Gasteiger partial charge in [0, 0.05) is 54.0 Å². The largest absolute Gasteiger partial charge is 0.455 e. The molecule has 0 aromatic carbocycles. The molecule has 1 spiro atoms. The SMILES string of the molecule is Cc1c(-c2cc(Oc3ccnc(CCO)c3)c3c(Cl)cnn3c2)cnn1C1CC2(CCNCC2)C1. The van der Waals surface area contributed by atoms with Crippen LogP contribution in [0.15, 0.2) is 43.0 Å². The van der Waals surface area contributed by atoms with Gasteiger partial charge in [0.15, 0.2) is 5.75 Å². The Morgan fingerprint density at radius 3 is 2.83 bits per heavy atom. The summed E-state index contributed by atoms with van der Waals surface area (Å²) in [5.41, 5.74) is 5.15. The summed E-state index contributed by atoms with van der Waals surface area (Å²) in [6.07, 6.45) is 12.6. The fourth-order valence-electron chi connectivity index (χ4n) is 5.72. The van der Waals surface area contributed by atoms with Crippen LogP contribution in [0.3, 0.4) is 0 Å². The van der Waals surface area contributed by atoms with Gasteiger partial charge in [0.05, 0.1) is 23.5 Å². The number of piperidine rings is 1. The van der Waals surface area contributed by atoms with Crippen LogP contribution in [-0.4, -0.2) is 49.2 Å². The van der Waals surface area contributed by atoms with Crippen molar-refractivity contribution >= 4 is 17.1 Å². The summed E-state index contributed by atoms with van der Waals surface area (Å²) in [7, 11) is 0. The zero-order chi connectivity index (χ0) is 24.0. The second-order valence-corrected chi connectivity index (χ2v) is 10.2. The predicted molar refractivity (Wildman–Crippen MR) is 134 cm³/mol. The first-order valence-corrected chi connectivity index (χ1v) is 12.6. The van der Waals surface area contributed by atoms with E-state index in [1.54, 1.807) is 23.0 Å². The maximum atomic E-state index is 9.25. The predicted octanol–water partition coefficient (Wildman–Crippen LogP) is 4.59. The number of aromatic nitrogens is 5. The van der Waals surface area contributed by atoms with Crippen LogP contribution in [0, 0.1) is 12.3 Å². The van der Waals surface area contributed by atoms with Crippen LogP contribution in [0.25, 0.3) is 16.6 Å². The first-order valence-electron chi connectivity index (χ1n) is 12.2. The Balaban J connectivity index is 1.32. The van der Waals surface area contributed by atoms with Crippen molar-refractivity contribution in [3.63, 3.8) is 0 Å². The van der Waals surface area contributed by atoms with E-state index in [0.29, 0.717) is 39.9 Å². The molecular formula is C26H29ClN6O2. The van der Waals surface area contributed by atoms with Gasteiger partial charge in [-0.05, 0) is 63.2 Å². The van der Waals surface area contributed by atoms with Crippen LogP contribution < -0.4 is 10.1 Å². The highest BCUT2D eigenvalue weighted by Gasteiger charge is 2.46. The van der Waals surface area contributed by atoms with Gasteiger partial charge in [-0.2, -0.15) is 10.2 Å². The van der Waals surface area contributed by atoms with Gasteiger partial charge < -0.3 is 15.2 Å². The topological polar surface area (TPSA) is 89.5 Å². The van der Waals surface area contributed by atoms with E-state index in [0.717, 1.165) is 35.6 Å². The normalized spacial score (nSPS) is 17.7. The molecule has 9 heteroatoms. The zero-order valence-corrected chi connectivity index (χ0v) is 20.5. The van der Waals surface area contributed by atoms with Gasteiger partial charge >= 0.3 is 0 Å². The van der Waals surface area contributed by atoms with Gasteiger partial charge in [-0.15, -0.1) is 0 Å². The number of aliphatic hydroxyl groups excluding tert-OH is 1. The summed E-state index contributed by atoms with van der Waals surface area (Å²) in [6.45, 7) is 4.43. The van der Waals surface area contributed by atoms with E-state index in [1.807, 2.05) is 24.5 Å². The Bertz CT molecular complexity index is 1370. The third kappa shape index (κ3) is 4.09. The van der Waals surface area contributed by atoms with E-state index in [-0.39, 0.29) is 6.61 Å². The molecule has 6 rings (SSSR count). The second kappa shape index (κ2) is 8.93. The minimum Gasteiger partial charge on any atom is -0.455 e. The number of aliphatic hydroxyl groups is 1. The number of hydrogen-bond acceptors (Lipinski definition) is 6. The van der Waals surface area contributed by atoms with Gasteiger partial charge in [-0.1, -0.05) is 11.6 Å². The van der Waals surface area contributed by atoms with Gasteiger partial charge in [-0.25, -0.2) is 4.52 Å². The number of hydrogen-bond donors (Lipinski definition) is 2. The Kier molecular flexibility index (Phi) is 5.75. The zero-order valence-electron chi connectivity index (χ0n) is 19.7. The lowest BCUT2D eigenvalue weighted by Gasteiger charge is -2.50. The van der Waals surface area contributed by atoms with Crippen LogP contribution in [-0.2, 0) is 6.42 Å². The minimum atomic E-state index is 0.0346. The molecule has 0 atom stereocenters. The van der Waals surface area contributed by atoms with Gasteiger partial charge in [-0.3, -0.25) is 9.67 Å². The Hall–Kier alpha value is -2.94. The molecular weight excluding hydrogens is 464 g/mol. The van der Waals surface area contributed by atoms with Crippen LogP contribution in [0.5, 0.6) is 11.5 Å². The van der Waals surface area contributed by atoms with Crippen molar-refractivity contribution in [3.8, 4) is 22.6 Å². The summed E-state index contributed by atoms with van der Waals surface area (Å²) >= 11 is 6.47. The van der Waals surface area contributed by atoms with Gasteiger partial charge in [0.2, 0.25) is 0 Å². The van der Waals surface area contributed by atoms with E-state index in [9.17, 15) is 5.11 Å². The monoisotopic (exact) mass is 492 g/mol. The molecule has 5 heterocycles. The van der Waals surface area contributed by atoms with Crippen molar-refractivity contribution in [1.82, 2.24) is 29.7 Å². The fourth-order valence-corrected chi connectivity index (χ4v) is 5.95. The average Bonchev–Trinajstić information content (AvgIpc) is 3.41. The molecule has 0 bridgehead atoms. The van der Waals surface area contributed by atoms with Crippen molar-refractivity contribution in [3.05, 3.63) is 59.4 Å². The number of nitrogens with zero attached hydrogens (tertiary/aromatic N) is 5. The molecule has 35 heavy (non-hydrogen) atoms. The number of pyridine rings is 2. The number of nitrogens with one attached hydrogen (secondary N) is 1. The molecule has 2 aliphatic rings. The average molecular weight is 493 g/mol. The van der Waals surface area contributed by atoms with Crippen molar-refractivity contribution < 1.29 is 9.84 Å². The number of ether oxygens (including phenoxy) is 1. The molecule has 2 fully saturated rings. The van der Waals surface area contributed by atoms with Crippen LogP contribution in [0.4, 0.5) is 0 Å². The third-order valence-corrected chi connectivity index (χ3v) is 7.90. The Morgan fingerprint density at radius 2 is 2.03 bits per heavy atom. The van der Waals surface area contributed by atoms with E-state index in [4.69, 9.17) is 21.4 Å². The minimum absolute atomic E-state index is 0.0346. The van der Waals surface area contributed by atoms with Crippen molar-refractivity contribution in [2.75, 3.05) is 19.7 Å². The van der Waals surface area contributed by atoms with E-state index >= 15 is 0 Å². The Labute approximate surface area is 208 Å². The van der Waals surface area contributed by atoms with Crippen LogP contribution >= 0.6 is 11.6 Å². The highest BCUT2D eigenvalue weighted by molar-refractivity contribution is 6.34. The quantitative estimate of drug-likeness (QED) is 0.409. The first kappa shape index (κ1) is 22.5. The number of rotatable bonds is 6. The highest BCUT2D eigenvalue weighted by atomic mass is 35.5. The summed E-state index contributed by atoms with van der Waals surface area (Å²) in [6, 6.07) is 6.09. The highest BCUT2D eigenvalue weighted by Crippen LogP contribution is 2.54. The second-order valence-electron chi connectivity index (χ2n) is 9.84. The van der Waals surface area contributed by atoms with Crippen LogP contribution in [0.1, 0.15) is 43.1 Å². The summed E-state index contributed by atoms with van der Waals surface area (Å²) in [5.74, 6) is 1.24.